The van der Waals surface area contributed by atoms with E-state index in [-0.39, 0.29) is 5.97 Å². The van der Waals surface area contributed by atoms with Crippen LogP contribution in [0.2, 0.25) is 0 Å². The van der Waals surface area contributed by atoms with Gasteiger partial charge in [-0.25, -0.2) is 0 Å². The van der Waals surface area contributed by atoms with Crippen molar-refractivity contribution in [2.45, 2.75) is 45.4 Å². The molecule has 0 aliphatic heterocycles. The Morgan fingerprint density at radius 3 is 2.71 bits per heavy atom. The third-order valence-corrected chi connectivity index (χ3v) is 2.65. The lowest BCUT2D eigenvalue weighted by Crippen LogP contribution is -2.04. The average molecular weight is 196 g/mol. The standard InChI is InChI=1S/C12H20O2/c1-2-14-12(13)10-6-9-11-7-4-3-5-8-11/h6,9,11H,2-5,7-8,10H2,1H3/b9-6+. The summed E-state index contributed by atoms with van der Waals surface area (Å²) in [6.07, 6.45) is 11.2. The van der Waals surface area contributed by atoms with E-state index in [9.17, 15) is 4.79 Å². The van der Waals surface area contributed by atoms with Crippen LogP contribution in [0.3, 0.4) is 0 Å². The molecular formula is C12H20O2. The monoisotopic (exact) mass is 196 g/mol. The molecule has 0 bridgehead atoms. The second kappa shape index (κ2) is 6.63. The molecule has 1 rings (SSSR count). The molecule has 2 nitrogen and oxygen atoms in total. The average Bonchev–Trinajstić information content (AvgIpc) is 2.20. The second-order valence-electron chi connectivity index (χ2n) is 3.84. The van der Waals surface area contributed by atoms with Crippen LogP contribution < -0.4 is 0 Å². The van der Waals surface area contributed by atoms with Crippen molar-refractivity contribution >= 4 is 5.97 Å². The smallest absolute Gasteiger partial charge is 0.309 e. The van der Waals surface area contributed by atoms with Crippen LogP contribution in [0.5, 0.6) is 0 Å². The quantitative estimate of drug-likeness (QED) is 0.510. The van der Waals surface area contributed by atoms with Crippen LogP contribution in [0, 0.1) is 5.92 Å². The maximum absolute atomic E-state index is 11.0. The Hall–Kier alpha value is -0.790. The molecule has 1 fully saturated rings. The van der Waals surface area contributed by atoms with Crippen LogP contribution in [0.4, 0.5) is 0 Å². The van der Waals surface area contributed by atoms with Crippen LogP contribution in [0.15, 0.2) is 12.2 Å². The van der Waals surface area contributed by atoms with Gasteiger partial charge in [0.05, 0.1) is 13.0 Å². The van der Waals surface area contributed by atoms with Gasteiger partial charge in [0.1, 0.15) is 0 Å². The SMILES string of the molecule is CCOC(=O)C/C=C/C1CCCCC1. The number of hydrogen-bond acceptors (Lipinski definition) is 2. The van der Waals surface area contributed by atoms with Crippen molar-refractivity contribution in [1.29, 1.82) is 0 Å². The predicted octanol–water partition coefficient (Wildman–Crippen LogP) is 3.08. The molecule has 0 heterocycles. The van der Waals surface area contributed by atoms with Gasteiger partial charge in [-0.1, -0.05) is 31.4 Å². The molecule has 0 unspecified atom stereocenters. The van der Waals surface area contributed by atoms with E-state index in [1.54, 1.807) is 0 Å². The molecule has 0 aromatic rings. The highest BCUT2D eigenvalue weighted by Crippen LogP contribution is 2.24. The van der Waals surface area contributed by atoms with Gasteiger partial charge < -0.3 is 4.74 Å². The first-order chi connectivity index (χ1) is 6.83. The first kappa shape index (κ1) is 11.3. The van der Waals surface area contributed by atoms with E-state index < -0.39 is 0 Å². The Balaban J connectivity index is 2.15. The topological polar surface area (TPSA) is 26.3 Å². The zero-order valence-corrected chi connectivity index (χ0v) is 9.00. The van der Waals surface area contributed by atoms with Crippen molar-refractivity contribution < 1.29 is 9.53 Å². The van der Waals surface area contributed by atoms with E-state index >= 15 is 0 Å². The van der Waals surface area contributed by atoms with Gasteiger partial charge in [-0.15, -0.1) is 0 Å². The van der Waals surface area contributed by atoms with Crippen LogP contribution >= 0.6 is 0 Å². The number of carbonyl (C=O) groups is 1. The van der Waals surface area contributed by atoms with Crippen LogP contribution in [-0.4, -0.2) is 12.6 Å². The van der Waals surface area contributed by atoms with E-state index in [0.717, 1.165) is 0 Å². The van der Waals surface area contributed by atoms with Gasteiger partial charge in [-0.2, -0.15) is 0 Å². The number of esters is 1. The van der Waals surface area contributed by atoms with Gasteiger partial charge in [0, 0.05) is 0 Å². The Bertz CT molecular complexity index is 190. The molecule has 0 N–H and O–H groups in total. The van der Waals surface area contributed by atoms with Gasteiger partial charge in [-0.3, -0.25) is 4.79 Å². The van der Waals surface area contributed by atoms with E-state index in [1.165, 1.54) is 32.1 Å². The minimum atomic E-state index is -0.112. The molecule has 1 aliphatic carbocycles. The van der Waals surface area contributed by atoms with Gasteiger partial charge in [-0.05, 0) is 25.7 Å². The summed E-state index contributed by atoms with van der Waals surface area (Å²) in [4.78, 5) is 11.0. The Morgan fingerprint density at radius 2 is 2.07 bits per heavy atom. The number of carbonyl (C=O) groups excluding carboxylic acids is 1. The lowest BCUT2D eigenvalue weighted by molar-refractivity contribution is -0.142. The highest BCUT2D eigenvalue weighted by Gasteiger charge is 2.09. The van der Waals surface area contributed by atoms with Crippen molar-refractivity contribution in [1.82, 2.24) is 0 Å². The number of ether oxygens (including phenoxy) is 1. The molecule has 80 valence electrons. The molecule has 0 radical (unpaired) electrons. The Morgan fingerprint density at radius 1 is 1.36 bits per heavy atom. The summed E-state index contributed by atoms with van der Waals surface area (Å²) in [6.45, 7) is 2.32. The normalized spacial score (nSPS) is 18.6. The summed E-state index contributed by atoms with van der Waals surface area (Å²) in [6, 6.07) is 0. The maximum Gasteiger partial charge on any atom is 0.309 e. The molecule has 1 aliphatic rings. The third-order valence-electron chi connectivity index (χ3n) is 2.65. The predicted molar refractivity (Wildman–Crippen MR) is 57.0 cm³/mol. The van der Waals surface area contributed by atoms with Crippen molar-refractivity contribution in [2.24, 2.45) is 5.92 Å². The van der Waals surface area contributed by atoms with Crippen LogP contribution in [0.25, 0.3) is 0 Å². The fourth-order valence-electron chi connectivity index (χ4n) is 1.90. The van der Waals surface area contributed by atoms with Crippen molar-refractivity contribution in [3.63, 3.8) is 0 Å². The molecular weight excluding hydrogens is 176 g/mol. The number of rotatable bonds is 4. The van der Waals surface area contributed by atoms with E-state index in [1.807, 2.05) is 13.0 Å². The molecule has 0 atom stereocenters. The summed E-state index contributed by atoms with van der Waals surface area (Å²) >= 11 is 0. The lowest BCUT2D eigenvalue weighted by atomic mass is 9.89. The highest BCUT2D eigenvalue weighted by molar-refractivity contribution is 5.71. The summed E-state index contributed by atoms with van der Waals surface area (Å²) in [5, 5.41) is 0. The van der Waals surface area contributed by atoms with E-state index in [4.69, 9.17) is 4.74 Å². The first-order valence-corrected chi connectivity index (χ1v) is 5.65. The van der Waals surface area contributed by atoms with Crippen molar-refractivity contribution in [3.05, 3.63) is 12.2 Å². The first-order valence-electron chi connectivity index (χ1n) is 5.65. The molecule has 2 heteroatoms. The van der Waals surface area contributed by atoms with Crippen LogP contribution in [0.1, 0.15) is 45.4 Å². The van der Waals surface area contributed by atoms with Crippen molar-refractivity contribution in [3.8, 4) is 0 Å². The Kier molecular flexibility index (Phi) is 5.35. The van der Waals surface area contributed by atoms with Gasteiger partial charge in [0.2, 0.25) is 0 Å². The summed E-state index contributed by atoms with van der Waals surface area (Å²) in [5.41, 5.74) is 0. The summed E-state index contributed by atoms with van der Waals surface area (Å²) in [7, 11) is 0. The van der Waals surface area contributed by atoms with Gasteiger partial charge in [0.15, 0.2) is 0 Å². The zero-order valence-electron chi connectivity index (χ0n) is 9.00. The molecule has 0 spiro atoms. The van der Waals surface area contributed by atoms with Crippen molar-refractivity contribution in [2.75, 3.05) is 6.61 Å². The molecule has 0 saturated heterocycles. The lowest BCUT2D eigenvalue weighted by Gasteiger charge is -2.17. The van der Waals surface area contributed by atoms with Gasteiger partial charge in [0.25, 0.3) is 0 Å². The third kappa shape index (κ3) is 4.45. The largest absolute Gasteiger partial charge is 0.466 e. The van der Waals surface area contributed by atoms with E-state index in [2.05, 4.69) is 6.08 Å². The fourth-order valence-corrected chi connectivity index (χ4v) is 1.90. The summed E-state index contributed by atoms with van der Waals surface area (Å²) in [5.74, 6) is 0.595. The molecule has 0 aromatic heterocycles. The molecule has 14 heavy (non-hydrogen) atoms. The van der Waals surface area contributed by atoms with Crippen LogP contribution in [-0.2, 0) is 9.53 Å². The Labute approximate surface area is 86.3 Å². The number of hydrogen-bond donors (Lipinski definition) is 0. The second-order valence-corrected chi connectivity index (χ2v) is 3.84. The maximum atomic E-state index is 11.0. The zero-order chi connectivity index (χ0) is 10.2. The molecule has 0 aromatic carbocycles. The highest BCUT2D eigenvalue weighted by atomic mass is 16.5. The minimum Gasteiger partial charge on any atom is -0.466 e. The van der Waals surface area contributed by atoms with Gasteiger partial charge >= 0.3 is 5.97 Å². The molecule has 1 saturated carbocycles. The minimum absolute atomic E-state index is 0.112. The summed E-state index contributed by atoms with van der Waals surface area (Å²) < 4.78 is 4.84. The number of allylic oxidation sites excluding steroid dienone is 1. The fraction of sp³-hybridized carbons (Fsp3) is 0.750. The molecule has 0 amide bonds. The van der Waals surface area contributed by atoms with E-state index in [0.29, 0.717) is 18.9 Å².